The minimum atomic E-state index is -0.308. The van der Waals surface area contributed by atoms with Crippen LogP contribution in [0.25, 0.3) is 5.70 Å². The molecule has 0 saturated carbocycles. The molecule has 0 radical (unpaired) electrons. The first-order valence-corrected chi connectivity index (χ1v) is 31.7. The Morgan fingerprint density at radius 2 is 0.802 bits per heavy atom. The van der Waals surface area contributed by atoms with Gasteiger partial charge >= 0.3 is 0 Å². The first kappa shape index (κ1) is 74.9. The van der Waals surface area contributed by atoms with E-state index in [1.54, 1.807) is 48.5 Å². The molecule has 0 fully saturated rings. The molecule has 1 aromatic heterocycles. The first-order valence-electron chi connectivity index (χ1n) is 31.7. The number of aromatic amines is 1. The number of H-pyrrole nitrogens is 1. The third-order valence-electron chi connectivity index (χ3n) is 15.4. The van der Waals surface area contributed by atoms with E-state index in [1.165, 1.54) is 24.5 Å². The number of nitrogens with one attached hydrogen (secondary N) is 4. The number of benzene rings is 5. The Morgan fingerprint density at radius 3 is 1.23 bits per heavy atom. The average Bonchev–Trinajstić information content (AvgIpc) is 1.10. The van der Waals surface area contributed by atoms with Gasteiger partial charge in [0.05, 0.1) is 37.2 Å². The highest BCUT2D eigenvalue weighted by molar-refractivity contribution is 6.01. The van der Waals surface area contributed by atoms with Gasteiger partial charge in [-0.25, -0.2) is 4.98 Å². The van der Waals surface area contributed by atoms with Crippen molar-refractivity contribution in [2.24, 2.45) is 0 Å². The smallest absolute Gasteiger partial charge is 0.220 e. The summed E-state index contributed by atoms with van der Waals surface area (Å²) >= 11 is 0. The number of ketones is 4. The number of phenolic OH excluding ortho intramolecular Hbond substituents is 5. The molecule has 2 amide bonds. The molecule has 6 aromatic rings. The average molecular weight is 1250 g/mol. The molecule has 17 heteroatoms. The normalized spacial score (nSPS) is 11.5. The zero-order valence-electron chi connectivity index (χ0n) is 55.8. The Kier molecular flexibility index (Phi) is 28.9. The number of para-hydroxylation sites is 3. The van der Waals surface area contributed by atoms with Gasteiger partial charge in [0.15, 0.2) is 23.1 Å². The van der Waals surface area contributed by atoms with Crippen molar-refractivity contribution in [3.05, 3.63) is 166 Å². The molecule has 0 aliphatic carbocycles. The molecule has 17 nitrogen and oxygen atoms in total. The number of carbonyl (C=O) groups is 6. The van der Waals surface area contributed by atoms with Crippen molar-refractivity contribution in [3.8, 4) is 28.7 Å². The number of phenols is 5. The fourth-order valence-electron chi connectivity index (χ4n) is 10.0. The second-order valence-corrected chi connectivity index (χ2v) is 27.4. The fraction of sp³-hybridized carbons (Fsp3) is 0.459. The number of aryl methyl sites for hydroxylation is 2. The summed E-state index contributed by atoms with van der Waals surface area (Å²) in [4.78, 5) is 76.9. The number of hydrogen-bond acceptors (Lipinski definition) is 14. The van der Waals surface area contributed by atoms with Crippen molar-refractivity contribution >= 4 is 40.6 Å². The Morgan fingerprint density at radius 1 is 0.440 bits per heavy atom. The summed E-state index contributed by atoms with van der Waals surface area (Å²) in [5.74, 6) is 0.505. The van der Waals surface area contributed by atoms with Crippen molar-refractivity contribution in [1.82, 2.24) is 31.1 Å². The molecule has 6 rings (SSSR count). The molecule has 1 heterocycles. The largest absolute Gasteiger partial charge is 0.507 e. The summed E-state index contributed by atoms with van der Waals surface area (Å²) in [7, 11) is 0. The lowest BCUT2D eigenvalue weighted by Gasteiger charge is -2.28. The SMILES string of the molecule is C=C(NCC(=O)CCCCCCCCCCC(=O)NCC(=O)c1ccccc1O)c1ccccc1O.CC(C)(C)c1cc(CCC(=O)CNC(=O)CCc2cc(C(C)(C)C)c(O)c(C(C)(C)C)c2)cc(C(C)(C)C)c1O.O=C(Cc1ncn[nH]1)c1ccccc1O. The number of aromatic hydroxyl groups is 5. The van der Waals surface area contributed by atoms with E-state index in [9.17, 15) is 54.3 Å². The Hall–Kier alpha value is -8.60. The van der Waals surface area contributed by atoms with Gasteiger partial charge < -0.3 is 41.5 Å². The highest BCUT2D eigenvalue weighted by Gasteiger charge is 2.29. The second-order valence-electron chi connectivity index (χ2n) is 27.4. The van der Waals surface area contributed by atoms with Crippen molar-refractivity contribution in [2.45, 2.75) is 201 Å². The number of rotatable bonds is 29. The lowest BCUT2D eigenvalue weighted by molar-refractivity contribution is -0.125. The van der Waals surface area contributed by atoms with Crippen LogP contribution in [0.5, 0.6) is 28.7 Å². The predicted octanol–water partition coefficient (Wildman–Crippen LogP) is 13.6. The number of amides is 2. The number of hydrogen-bond donors (Lipinski definition) is 9. The molecule has 0 bridgehead atoms. The number of carbonyl (C=O) groups excluding carboxylic acids is 6. The van der Waals surface area contributed by atoms with Gasteiger partial charge in [0.1, 0.15) is 40.9 Å². The van der Waals surface area contributed by atoms with E-state index in [0.29, 0.717) is 66.3 Å². The zero-order chi connectivity index (χ0) is 67.7. The molecular formula is C74H100N6O11. The summed E-state index contributed by atoms with van der Waals surface area (Å²) < 4.78 is 0. The van der Waals surface area contributed by atoms with Crippen LogP contribution in [0.3, 0.4) is 0 Å². The quantitative estimate of drug-likeness (QED) is 0.0156. The maximum atomic E-state index is 12.7. The van der Waals surface area contributed by atoms with Crippen molar-refractivity contribution < 1.29 is 54.3 Å². The van der Waals surface area contributed by atoms with Crippen LogP contribution in [-0.2, 0) is 60.1 Å². The lowest BCUT2D eigenvalue weighted by atomic mass is 9.78. The van der Waals surface area contributed by atoms with Gasteiger partial charge in [-0.3, -0.25) is 33.9 Å². The summed E-state index contributed by atoms with van der Waals surface area (Å²) in [6, 6.07) is 27.6. The molecule has 0 aliphatic rings. The monoisotopic (exact) mass is 1250 g/mol. The second kappa shape index (κ2) is 35.1. The fourth-order valence-corrected chi connectivity index (χ4v) is 10.0. The minimum Gasteiger partial charge on any atom is -0.507 e. The highest BCUT2D eigenvalue weighted by Crippen LogP contribution is 2.41. The number of nitrogens with zero attached hydrogens (tertiary/aromatic N) is 2. The number of aromatic nitrogens is 3. The summed E-state index contributed by atoms with van der Waals surface area (Å²) in [5, 5.41) is 65.5. The van der Waals surface area contributed by atoms with Crippen LogP contribution in [-0.4, -0.2) is 95.3 Å². The maximum Gasteiger partial charge on any atom is 0.220 e. The Balaban J connectivity index is 0.000000317. The molecule has 0 unspecified atom stereocenters. The van der Waals surface area contributed by atoms with Gasteiger partial charge in [-0.2, -0.15) is 5.10 Å². The van der Waals surface area contributed by atoms with Crippen molar-refractivity contribution in [1.29, 1.82) is 0 Å². The van der Waals surface area contributed by atoms with Crippen molar-refractivity contribution in [3.63, 3.8) is 0 Å². The maximum absolute atomic E-state index is 12.7. The third kappa shape index (κ3) is 25.7. The van der Waals surface area contributed by atoms with Crippen LogP contribution in [0.15, 0.2) is 110 Å². The standard InChI is InChI=1S/C35H53NO4.C29H38N2O5.C10H9N3O2/c1-32(2,3)25-17-22(18-26(30(25)39)33(4,5)6)13-15-24(37)21-36-29(38)16-14-23-19-27(34(7,8)9)31(40)28(20-23)35(10,11)12;1-22(24-15-10-12-17-26(24)33)30-20-23(32)14-8-6-4-2-3-5-7-9-19-29(36)31-21-28(35)25-16-11-13-18-27(25)34;14-8-4-2-1-3-7(8)9(15)5-10-11-6-12-13-10/h17-20,39-40H,13-16,21H2,1-12H3,(H,36,38);10-13,15-18,30,33-34H,1-9,14,19-21H2,(H,31,36);1-4,6,14H,5H2,(H,11,12,13). The molecule has 5 aromatic carbocycles. The van der Waals surface area contributed by atoms with E-state index in [-0.39, 0.29) is 112 Å². The van der Waals surface area contributed by atoms with Gasteiger partial charge in [0.25, 0.3) is 0 Å². The predicted molar refractivity (Wildman–Crippen MR) is 360 cm³/mol. The van der Waals surface area contributed by atoms with Crippen LogP contribution in [0.2, 0.25) is 0 Å². The Labute approximate surface area is 539 Å². The number of unbranched alkanes of at least 4 members (excludes halogenated alkanes) is 7. The van der Waals surface area contributed by atoms with E-state index in [2.05, 4.69) is 121 Å². The van der Waals surface area contributed by atoms with E-state index in [1.807, 2.05) is 30.3 Å². The molecular weight excluding hydrogens is 1150 g/mol. The van der Waals surface area contributed by atoms with Crippen LogP contribution < -0.4 is 16.0 Å². The summed E-state index contributed by atoms with van der Waals surface area (Å²) in [6.45, 7) is 28.9. The zero-order valence-corrected chi connectivity index (χ0v) is 55.8. The molecule has 91 heavy (non-hydrogen) atoms. The minimum absolute atomic E-state index is 0.00519. The van der Waals surface area contributed by atoms with E-state index >= 15 is 0 Å². The molecule has 0 saturated heterocycles. The van der Waals surface area contributed by atoms with Crippen LogP contribution in [0, 0.1) is 0 Å². The highest BCUT2D eigenvalue weighted by atomic mass is 16.3. The van der Waals surface area contributed by atoms with Crippen LogP contribution in [0.1, 0.15) is 226 Å². The molecule has 0 spiro atoms. The molecule has 0 aliphatic heterocycles. The van der Waals surface area contributed by atoms with Gasteiger partial charge in [0.2, 0.25) is 11.8 Å². The van der Waals surface area contributed by atoms with E-state index < -0.39 is 0 Å². The first-order chi connectivity index (χ1) is 42.7. The number of Topliss-reactive ketones (excluding diaryl/α,β-unsaturated/α-hetero) is 4. The van der Waals surface area contributed by atoms with Crippen molar-refractivity contribution in [2.75, 3.05) is 19.6 Å². The molecule has 9 N–H and O–H groups in total. The Bertz CT molecular complexity index is 3150. The molecule has 492 valence electrons. The summed E-state index contributed by atoms with van der Waals surface area (Å²) in [5.41, 5.74) is 6.30. The van der Waals surface area contributed by atoms with Gasteiger partial charge in [-0.1, -0.05) is 189 Å². The summed E-state index contributed by atoms with van der Waals surface area (Å²) in [6.07, 6.45) is 12.0. The van der Waals surface area contributed by atoms with Gasteiger partial charge in [-0.15, -0.1) is 0 Å². The van der Waals surface area contributed by atoms with Gasteiger partial charge in [-0.05, 0) is 117 Å². The lowest BCUT2D eigenvalue weighted by Crippen LogP contribution is -2.30. The van der Waals surface area contributed by atoms with Crippen LogP contribution >= 0.6 is 0 Å². The van der Waals surface area contributed by atoms with Gasteiger partial charge in [0, 0.05) is 36.9 Å². The molecule has 0 atom stereocenters. The van der Waals surface area contributed by atoms with E-state index in [0.717, 1.165) is 84.7 Å². The topological polar surface area (TPSA) is 281 Å². The third-order valence-corrected chi connectivity index (χ3v) is 15.4. The van der Waals surface area contributed by atoms with E-state index in [4.69, 9.17) is 0 Å². The van der Waals surface area contributed by atoms with Crippen LogP contribution in [0.4, 0.5) is 0 Å².